The van der Waals surface area contributed by atoms with Crippen molar-refractivity contribution in [3.63, 3.8) is 0 Å². The number of nitrogens with zero attached hydrogens (tertiary/aromatic N) is 5. The molecule has 0 amide bonds. The van der Waals surface area contributed by atoms with Gasteiger partial charge in [-0.15, -0.1) is 10.2 Å². The monoisotopic (exact) mass is 465 g/mol. The number of fused-ring (bicyclic) bond motifs is 1. The van der Waals surface area contributed by atoms with Crippen molar-refractivity contribution < 1.29 is 4.39 Å². The van der Waals surface area contributed by atoms with Crippen LogP contribution in [0, 0.1) is 12.7 Å². The van der Waals surface area contributed by atoms with Crippen LogP contribution in [-0.2, 0) is 26.1 Å². The molecule has 0 fully saturated rings. The van der Waals surface area contributed by atoms with Gasteiger partial charge in [0, 0.05) is 18.5 Å². The Bertz CT molecular complexity index is 1390. The largest absolute Gasteiger partial charge is 0.312 e. The standard InChI is InChI=1S/C29H28FN5/c1-22-6-8-23(9-7-22)16-17-34(19-27-15-12-25-4-2-3-5-28(25)32-27)20-29-33-31-21-35(29)18-24-10-13-26(30)14-11-24/h2-15,21H,16-20H2,1H3. The van der Waals surface area contributed by atoms with Gasteiger partial charge in [-0.25, -0.2) is 4.39 Å². The molecule has 0 saturated heterocycles. The summed E-state index contributed by atoms with van der Waals surface area (Å²) in [5.41, 5.74) is 5.61. The highest BCUT2D eigenvalue weighted by molar-refractivity contribution is 5.78. The fourth-order valence-corrected chi connectivity index (χ4v) is 4.20. The van der Waals surface area contributed by atoms with E-state index in [9.17, 15) is 4.39 Å². The first-order chi connectivity index (χ1) is 17.1. The Kier molecular flexibility index (Phi) is 6.91. The Morgan fingerprint density at radius 1 is 0.829 bits per heavy atom. The predicted octanol–water partition coefficient (Wildman–Crippen LogP) is 5.57. The zero-order valence-corrected chi connectivity index (χ0v) is 19.8. The summed E-state index contributed by atoms with van der Waals surface area (Å²) in [4.78, 5) is 7.25. The molecule has 2 heterocycles. The second-order valence-corrected chi connectivity index (χ2v) is 8.94. The maximum atomic E-state index is 13.3. The molecule has 0 unspecified atom stereocenters. The van der Waals surface area contributed by atoms with E-state index in [0.29, 0.717) is 19.6 Å². The number of halogens is 1. The smallest absolute Gasteiger partial charge is 0.147 e. The van der Waals surface area contributed by atoms with Crippen LogP contribution in [0.3, 0.4) is 0 Å². The zero-order chi connectivity index (χ0) is 24.0. The number of hydrogen-bond donors (Lipinski definition) is 0. The summed E-state index contributed by atoms with van der Waals surface area (Å²) < 4.78 is 15.4. The third-order valence-electron chi connectivity index (χ3n) is 6.21. The highest BCUT2D eigenvalue weighted by atomic mass is 19.1. The van der Waals surface area contributed by atoms with Crippen molar-refractivity contribution in [1.82, 2.24) is 24.6 Å². The molecule has 0 bridgehead atoms. The van der Waals surface area contributed by atoms with E-state index < -0.39 is 0 Å². The van der Waals surface area contributed by atoms with Crippen LogP contribution in [0.4, 0.5) is 4.39 Å². The zero-order valence-electron chi connectivity index (χ0n) is 19.8. The number of benzene rings is 3. The minimum Gasteiger partial charge on any atom is -0.312 e. The van der Waals surface area contributed by atoms with Crippen LogP contribution in [0.2, 0.25) is 0 Å². The Morgan fingerprint density at radius 3 is 2.43 bits per heavy atom. The molecule has 176 valence electrons. The van der Waals surface area contributed by atoms with Gasteiger partial charge in [-0.3, -0.25) is 9.88 Å². The molecule has 5 rings (SSSR count). The first-order valence-corrected chi connectivity index (χ1v) is 11.9. The molecule has 6 heteroatoms. The van der Waals surface area contributed by atoms with Crippen molar-refractivity contribution in [3.05, 3.63) is 125 Å². The quantitative estimate of drug-likeness (QED) is 0.286. The molecular weight excluding hydrogens is 437 g/mol. The van der Waals surface area contributed by atoms with Crippen molar-refractivity contribution in [2.75, 3.05) is 6.54 Å². The second kappa shape index (κ2) is 10.6. The molecule has 0 N–H and O–H groups in total. The van der Waals surface area contributed by atoms with Gasteiger partial charge in [-0.05, 0) is 48.7 Å². The van der Waals surface area contributed by atoms with Crippen LogP contribution < -0.4 is 0 Å². The molecule has 0 aliphatic rings. The molecular formula is C29H28FN5. The van der Waals surface area contributed by atoms with Crippen LogP contribution in [0.5, 0.6) is 0 Å². The molecule has 0 aliphatic carbocycles. The van der Waals surface area contributed by atoms with Crippen LogP contribution in [0.15, 0.2) is 91.3 Å². The fraction of sp³-hybridized carbons (Fsp3) is 0.207. The van der Waals surface area contributed by atoms with Gasteiger partial charge in [0.25, 0.3) is 0 Å². The Morgan fingerprint density at radius 2 is 1.60 bits per heavy atom. The molecule has 0 saturated carbocycles. The van der Waals surface area contributed by atoms with Gasteiger partial charge in [0.15, 0.2) is 0 Å². The molecule has 0 radical (unpaired) electrons. The molecule has 2 aromatic heterocycles. The third-order valence-corrected chi connectivity index (χ3v) is 6.21. The van der Waals surface area contributed by atoms with E-state index in [2.05, 4.69) is 70.6 Å². The summed E-state index contributed by atoms with van der Waals surface area (Å²) in [5.74, 6) is 0.641. The van der Waals surface area contributed by atoms with Crippen molar-refractivity contribution >= 4 is 10.9 Å². The van der Waals surface area contributed by atoms with Crippen molar-refractivity contribution in [1.29, 1.82) is 0 Å². The topological polar surface area (TPSA) is 46.8 Å². The summed E-state index contributed by atoms with van der Waals surface area (Å²) in [6, 6.07) is 27.7. The van der Waals surface area contributed by atoms with E-state index in [1.54, 1.807) is 18.5 Å². The van der Waals surface area contributed by atoms with Gasteiger partial charge >= 0.3 is 0 Å². The van der Waals surface area contributed by atoms with Crippen LogP contribution in [0.25, 0.3) is 10.9 Å². The van der Waals surface area contributed by atoms with Crippen molar-refractivity contribution in [2.45, 2.75) is 33.0 Å². The number of rotatable bonds is 9. The first-order valence-electron chi connectivity index (χ1n) is 11.9. The van der Waals surface area contributed by atoms with Gasteiger partial charge in [-0.2, -0.15) is 0 Å². The second-order valence-electron chi connectivity index (χ2n) is 8.94. The minimum absolute atomic E-state index is 0.233. The molecule has 0 atom stereocenters. The molecule has 35 heavy (non-hydrogen) atoms. The average Bonchev–Trinajstić information content (AvgIpc) is 3.31. The van der Waals surface area contributed by atoms with Gasteiger partial charge in [0.2, 0.25) is 0 Å². The number of pyridine rings is 1. The van der Waals surface area contributed by atoms with Gasteiger partial charge in [0.05, 0.1) is 24.3 Å². The molecule has 0 spiro atoms. The Balaban J connectivity index is 1.35. The lowest BCUT2D eigenvalue weighted by Crippen LogP contribution is -2.27. The molecule has 5 aromatic rings. The lowest BCUT2D eigenvalue weighted by molar-refractivity contribution is 0.247. The lowest BCUT2D eigenvalue weighted by atomic mass is 10.1. The van der Waals surface area contributed by atoms with Gasteiger partial charge < -0.3 is 4.57 Å². The van der Waals surface area contributed by atoms with Gasteiger partial charge in [-0.1, -0.05) is 66.2 Å². The van der Waals surface area contributed by atoms with Crippen LogP contribution in [-0.4, -0.2) is 31.2 Å². The number of para-hydroxylation sites is 1. The lowest BCUT2D eigenvalue weighted by Gasteiger charge is -2.22. The van der Waals surface area contributed by atoms with Gasteiger partial charge in [0.1, 0.15) is 18.0 Å². The fourth-order valence-electron chi connectivity index (χ4n) is 4.20. The number of aromatic nitrogens is 4. The molecule has 0 aliphatic heterocycles. The van der Waals surface area contributed by atoms with Crippen molar-refractivity contribution in [2.24, 2.45) is 0 Å². The predicted molar refractivity (Wildman–Crippen MR) is 136 cm³/mol. The molecule has 5 nitrogen and oxygen atoms in total. The first kappa shape index (κ1) is 22.9. The summed E-state index contributed by atoms with van der Waals surface area (Å²) in [5, 5.41) is 9.71. The van der Waals surface area contributed by atoms with E-state index in [0.717, 1.165) is 41.0 Å². The summed E-state index contributed by atoms with van der Waals surface area (Å²) >= 11 is 0. The maximum absolute atomic E-state index is 13.3. The molecule has 3 aromatic carbocycles. The van der Waals surface area contributed by atoms with Crippen LogP contribution >= 0.6 is 0 Å². The van der Waals surface area contributed by atoms with E-state index in [4.69, 9.17) is 4.98 Å². The van der Waals surface area contributed by atoms with Crippen molar-refractivity contribution in [3.8, 4) is 0 Å². The highest BCUT2D eigenvalue weighted by Crippen LogP contribution is 2.16. The Labute approximate surface area is 204 Å². The van der Waals surface area contributed by atoms with Crippen LogP contribution in [0.1, 0.15) is 28.2 Å². The maximum Gasteiger partial charge on any atom is 0.147 e. The minimum atomic E-state index is -0.233. The summed E-state index contributed by atoms with van der Waals surface area (Å²) in [7, 11) is 0. The average molecular weight is 466 g/mol. The van der Waals surface area contributed by atoms with E-state index in [-0.39, 0.29) is 5.82 Å². The SMILES string of the molecule is Cc1ccc(CCN(Cc2ccc3ccccc3n2)Cc2nncn2Cc2ccc(F)cc2)cc1. The number of hydrogen-bond acceptors (Lipinski definition) is 4. The van der Waals surface area contributed by atoms with E-state index in [1.165, 1.54) is 23.3 Å². The summed E-state index contributed by atoms with van der Waals surface area (Å²) in [6.45, 7) is 4.92. The number of aryl methyl sites for hydroxylation is 1. The summed E-state index contributed by atoms with van der Waals surface area (Å²) in [6.07, 6.45) is 2.67. The third kappa shape index (κ3) is 5.97. The Hall–Kier alpha value is -3.90. The van der Waals surface area contributed by atoms with E-state index in [1.807, 2.05) is 16.7 Å². The highest BCUT2D eigenvalue weighted by Gasteiger charge is 2.14. The van der Waals surface area contributed by atoms with E-state index >= 15 is 0 Å². The normalized spacial score (nSPS) is 11.4.